The van der Waals surface area contributed by atoms with Gasteiger partial charge in [-0.15, -0.1) is 0 Å². The van der Waals surface area contributed by atoms with E-state index in [1.807, 2.05) is 42.5 Å². The summed E-state index contributed by atoms with van der Waals surface area (Å²) in [5.41, 5.74) is 7.53. The van der Waals surface area contributed by atoms with Crippen molar-refractivity contribution < 1.29 is 19.1 Å². The Labute approximate surface area is 245 Å². The van der Waals surface area contributed by atoms with Gasteiger partial charge in [0.25, 0.3) is 0 Å². The van der Waals surface area contributed by atoms with E-state index in [9.17, 15) is 9.59 Å². The van der Waals surface area contributed by atoms with Gasteiger partial charge in [-0.05, 0) is 89.8 Å². The predicted molar refractivity (Wildman–Crippen MR) is 168 cm³/mol. The molecule has 206 valence electrons. The highest BCUT2D eigenvalue weighted by atomic mass is 16.5. The molecule has 0 bridgehead atoms. The molecule has 0 heterocycles. The smallest absolute Gasteiger partial charge is 0.338 e. The molecule has 0 aromatic heterocycles. The fourth-order valence-corrected chi connectivity index (χ4v) is 4.41. The highest BCUT2D eigenvalue weighted by Gasteiger charge is 2.13. The number of rotatable bonds is 9. The van der Waals surface area contributed by atoms with Crippen LogP contribution in [0.4, 0.5) is 17.1 Å². The number of carbonyl (C=O) groups excluding carboxylic acids is 2. The van der Waals surface area contributed by atoms with Crippen LogP contribution in [0.2, 0.25) is 0 Å². The van der Waals surface area contributed by atoms with E-state index in [0.717, 1.165) is 45.4 Å². The third-order valence-corrected chi connectivity index (χ3v) is 6.58. The van der Waals surface area contributed by atoms with E-state index in [4.69, 9.17) is 9.47 Å². The largest absolute Gasteiger partial charge is 0.423 e. The van der Waals surface area contributed by atoms with Crippen LogP contribution in [0, 0.1) is 0 Å². The fourth-order valence-electron chi connectivity index (χ4n) is 4.41. The zero-order chi connectivity index (χ0) is 29.5. The molecule has 5 aromatic carbocycles. The highest BCUT2D eigenvalue weighted by Crippen LogP contribution is 2.36. The van der Waals surface area contributed by atoms with Crippen molar-refractivity contribution in [1.82, 2.24) is 0 Å². The van der Waals surface area contributed by atoms with E-state index in [1.54, 1.807) is 31.2 Å². The van der Waals surface area contributed by atoms with Gasteiger partial charge < -0.3 is 14.4 Å². The first-order chi connectivity index (χ1) is 20.4. The van der Waals surface area contributed by atoms with Crippen molar-refractivity contribution in [3.8, 4) is 33.8 Å². The van der Waals surface area contributed by atoms with Crippen LogP contribution in [0.25, 0.3) is 22.3 Å². The molecule has 0 N–H and O–H groups in total. The molecule has 0 radical (unpaired) electrons. The highest BCUT2D eigenvalue weighted by molar-refractivity contribution is 5.89. The van der Waals surface area contributed by atoms with Crippen LogP contribution >= 0.6 is 0 Å². The summed E-state index contributed by atoms with van der Waals surface area (Å²) in [6, 6.07) is 41.7. The van der Waals surface area contributed by atoms with Crippen molar-refractivity contribution >= 4 is 29.0 Å². The van der Waals surface area contributed by atoms with Gasteiger partial charge in [0.05, 0.1) is 0 Å². The van der Waals surface area contributed by atoms with Crippen LogP contribution in [0.15, 0.2) is 152 Å². The predicted octanol–water partition coefficient (Wildman–Crippen LogP) is 9.06. The maximum atomic E-state index is 11.8. The first kappa shape index (κ1) is 27.9. The molecule has 42 heavy (non-hydrogen) atoms. The lowest BCUT2D eigenvalue weighted by Gasteiger charge is -2.26. The molecule has 0 aliphatic heterocycles. The van der Waals surface area contributed by atoms with Gasteiger partial charge in [-0.3, -0.25) is 0 Å². The molecule has 0 amide bonds. The lowest BCUT2D eigenvalue weighted by atomic mass is 10.0. The van der Waals surface area contributed by atoms with Crippen LogP contribution < -0.4 is 14.4 Å². The van der Waals surface area contributed by atoms with Crippen molar-refractivity contribution in [3.05, 3.63) is 152 Å². The Bertz CT molecular complexity index is 1710. The third kappa shape index (κ3) is 6.54. The molecule has 0 atom stereocenters. The van der Waals surface area contributed by atoms with Crippen LogP contribution in [-0.4, -0.2) is 11.9 Å². The van der Waals surface area contributed by atoms with Gasteiger partial charge in [-0.1, -0.05) is 79.9 Å². The summed E-state index contributed by atoms with van der Waals surface area (Å²) < 4.78 is 10.5. The van der Waals surface area contributed by atoms with E-state index >= 15 is 0 Å². The Hall–Kier alpha value is -5.68. The van der Waals surface area contributed by atoms with Crippen molar-refractivity contribution in [2.24, 2.45) is 0 Å². The van der Waals surface area contributed by atoms with Crippen LogP contribution in [-0.2, 0) is 9.59 Å². The Kier molecular flexibility index (Phi) is 8.40. The molecule has 5 rings (SSSR count). The van der Waals surface area contributed by atoms with Crippen molar-refractivity contribution in [2.45, 2.75) is 6.92 Å². The van der Waals surface area contributed by atoms with Gasteiger partial charge in [0.1, 0.15) is 11.5 Å². The van der Waals surface area contributed by atoms with Crippen LogP contribution in [0.1, 0.15) is 6.92 Å². The normalized spacial score (nSPS) is 10.4. The quantitative estimate of drug-likeness (QED) is 0.104. The molecule has 0 unspecified atom stereocenters. The van der Waals surface area contributed by atoms with E-state index in [-0.39, 0.29) is 0 Å². The molecular weight excluding hydrogens is 522 g/mol. The van der Waals surface area contributed by atoms with Gasteiger partial charge in [-0.25, -0.2) is 9.59 Å². The average molecular weight is 552 g/mol. The zero-order valence-electron chi connectivity index (χ0n) is 23.2. The zero-order valence-corrected chi connectivity index (χ0v) is 23.2. The molecular formula is C37H29NO4. The monoisotopic (exact) mass is 551 g/mol. The minimum atomic E-state index is -0.486. The summed E-state index contributed by atoms with van der Waals surface area (Å²) in [6.07, 6.45) is 1.14. The Morgan fingerprint density at radius 2 is 0.952 bits per heavy atom. The number of para-hydroxylation sites is 1. The van der Waals surface area contributed by atoms with E-state index in [2.05, 4.69) is 78.7 Å². The van der Waals surface area contributed by atoms with Crippen molar-refractivity contribution in [2.75, 3.05) is 4.90 Å². The first-order valence-corrected chi connectivity index (χ1v) is 13.4. The number of benzene rings is 5. The lowest BCUT2D eigenvalue weighted by molar-refractivity contribution is -0.130. The number of hydrogen-bond donors (Lipinski definition) is 0. The van der Waals surface area contributed by atoms with Gasteiger partial charge in [0.15, 0.2) is 0 Å². The third-order valence-electron chi connectivity index (χ3n) is 6.58. The molecule has 0 aliphatic carbocycles. The molecule has 5 nitrogen and oxygen atoms in total. The number of hydrogen-bond acceptors (Lipinski definition) is 5. The van der Waals surface area contributed by atoms with E-state index in [0.29, 0.717) is 17.1 Å². The molecule has 0 spiro atoms. The van der Waals surface area contributed by atoms with E-state index < -0.39 is 11.9 Å². The minimum absolute atomic E-state index is 0.356. The first-order valence-electron chi connectivity index (χ1n) is 13.4. The van der Waals surface area contributed by atoms with E-state index in [1.165, 1.54) is 0 Å². The summed E-state index contributed by atoms with van der Waals surface area (Å²) in [5, 5.41) is 0. The van der Waals surface area contributed by atoms with Crippen LogP contribution in [0.5, 0.6) is 11.5 Å². The maximum Gasteiger partial charge on any atom is 0.338 e. The topological polar surface area (TPSA) is 55.8 Å². The Morgan fingerprint density at radius 3 is 1.36 bits per heavy atom. The second-order valence-corrected chi connectivity index (χ2v) is 9.61. The standard InChI is InChI=1S/C37H29NO4/c1-4-36(39)41-34-22-14-29(15-23-34)27-10-18-32(19-11-27)38(31-8-6-5-7-9-31)33-20-12-28(13-21-33)30-16-24-35(25-17-30)42-37(40)26(2)3/h4-25H,1-2H2,3H3. The van der Waals surface area contributed by atoms with Crippen LogP contribution in [0.3, 0.4) is 0 Å². The summed E-state index contributed by atoms with van der Waals surface area (Å²) in [5.74, 6) is 0.0292. The summed E-state index contributed by atoms with van der Waals surface area (Å²) in [7, 11) is 0. The number of esters is 2. The van der Waals surface area contributed by atoms with Crippen molar-refractivity contribution in [1.29, 1.82) is 0 Å². The SMILES string of the molecule is C=CC(=O)Oc1ccc(-c2ccc(N(c3ccccc3)c3ccc(-c4ccc(OC(=O)C(=C)C)cc4)cc3)cc2)cc1. The van der Waals surface area contributed by atoms with Gasteiger partial charge in [-0.2, -0.15) is 0 Å². The number of ether oxygens (including phenoxy) is 2. The fraction of sp³-hybridized carbons (Fsp3) is 0.0270. The molecule has 0 aliphatic rings. The average Bonchev–Trinajstić information content (AvgIpc) is 3.03. The number of anilines is 3. The lowest BCUT2D eigenvalue weighted by Crippen LogP contribution is -2.09. The molecule has 0 saturated carbocycles. The summed E-state index contributed by atoms with van der Waals surface area (Å²) in [6.45, 7) is 8.67. The maximum absolute atomic E-state index is 11.8. The minimum Gasteiger partial charge on any atom is -0.423 e. The Balaban J connectivity index is 1.38. The molecule has 0 saturated heterocycles. The number of nitrogens with zero attached hydrogens (tertiary/aromatic N) is 1. The van der Waals surface area contributed by atoms with Gasteiger partial charge in [0.2, 0.25) is 0 Å². The summed E-state index contributed by atoms with van der Waals surface area (Å²) in [4.78, 5) is 25.5. The second kappa shape index (κ2) is 12.7. The van der Waals surface area contributed by atoms with Crippen molar-refractivity contribution in [3.63, 3.8) is 0 Å². The number of carbonyl (C=O) groups is 2. The van der Waals surface area contributed by atoms with Gasteiger partial charge >= 0.3 is 11.9 Å². The second-order valence-electron chi connectivity index (χ2n) is 9.61. The molecule has 0 fully saturated rings. The summed E-state index contributed by atoms with van der Waals surface area (Å²) >= 11 is 0. The van der Waals surface area contributed by atoms with Gasteiger partial charge in [0, 0.05) is 28.7 Å². The molecule has 5 heteroatoms. The Morgan fingerprint density at radius 1 is 0.571 bits per heavy atom. The molecule has 5 aromatic rings.